The lowest BCUT2D eigenvalue weighted by molar-refractivity contribution is -0.121. The zero-order chi connectivity index (χ0) is 13.0. The summed E-state index contributed by atoms with van der Waals surface area (Å²) >= 11 is 0. The number of amides is 1. The van der Waals surface area contributed by atoms with Gasteiger partial charge in [0.15, 0.2) is 0 Å². The van der Waals surface area contributed by atoms with Gasteiger partial charge in [-0.3, -0.25) is 9.78 Å². The van der Waals surface area contributed by atoms with E-state index in [1.807, 2.05) is 38.1 Å². The summed E-state index contributed by atoms with van der Waals surface area (Å²) in [5.74, 6) is 0.424. The minimum absolute atomic E-state index is 0.0555. The molecule has 0 atom stereocenters. The van der Waals surface area contributed by atoms with E-state index >= 15 is 0 Å². The third-order valence-corrected chi connectivity index (χ3v) is 2.56. The third-order valence-electron chi connectivity index (χ3n) is 2.56. The lowest BCUT2D eigenvalue weighted by Gasteiger charge is -2.07. The molecule has 0 saturated heterocycles. The Balaban J connectivity index is 2.01. The Morgan fingerprint density at radius 1 is 1.28 bits per heavy atom. The molecule has 0 spiro atoms. The molecule has 1 heterocycles. The van der Waals surface area contributed by atoms with Crippen LogP contribution in [0.4, 0.5) is 0 Å². The number of fused-ring (bicyclic) bond motifs is 1. The monoisotopic (exact) mass is 243 g/mol. The second kappa shape index (κ2) is 5.58. The predicted molar refractivity (Wildman–Crippen MR) is 70.8 cm³/mol. The SMILES string of the molecule is CC(C)CC(=O)NCc1cnc2ccccc2n1. The van der Waals surface area contributed by atoms with Crippen molar-refractivity contribution in [2.75, 3.05) is 0 Å². The quantitative estimate of drug-likeness (QED) is 0.896. The smallest absolute Gasteiger partial charge is 0.220 e. The van der Waals surface area contributed by atoms with Crippen LogP contribution >= 0.6 is 0 Å². The lowest BCUT2D eigenvalue weighted by Crippen LogP contribution is -2.24. The average Bonchev–Trinajstić information content (AvgIpc) is 2.35. The summed E-state index contributed by atoms with van der Waals surface area (Å²) in [6.07, 6.45) is 2.25. The summed E-state index contributed by atoms with van der Waals surface area (Å²) in [7, 11) is 0. The summed E-state index contributed by atoms with van der Waals surface area (Å²) in [6, 6.07) is 7.70. The molecule has 0 unspecified atom stereocenters. The standard InChI is InChI=1S/C14H17N3O/c1-10(2)7-14(18)16-9-11-8-15-12-5-3-4-6-13(12)17-11/h3-6,8,10H,7,9H2,1-2H3,(H,16,18). The molecule has 1 aromatic heterocycles. The van der Waals surface area contributed by atoms with Crippen LogP contribution in [0.25, 0.3) is 11.0 Å². The number of aromatic nitrogens is 2. The number of para-hydroxylation sites is 2. The van der Waals surface area contributed by atoms with Crippen molar-refractivity contribution < 1.29 is 4.79 Å². The Morgan fingerprint density at radius 3 is 2.72 bits per heavy atom. The molecule has 0 radical (unpaired) electrons. The number of carbonyl (C=O) groups is 1. The van der Waals surface area contributed by atoms with Gasteiger partial charge in [0.05, 0.1) is 29.5 Å². The molecule has 4 nitrogen and oxygen atoms in total. The summed E-state index contributed by atoms with van der Waals surface area (Å²) < 4.78 is 0. The number of carbonyl (C=O) groups excluding carboxylic acids is 1. The van der Waals surface area contributed by atoms with Crippen molar-refractivity contribution in [3.63, 3.8) is 0 Å². The molecule has 0 aliphatic heterocycles. The number of hydrogen-bond acceptors (Lipinski definition) is 3. The van der Waals surface area contributed by atoms with Crippen molar-refractivity contribution in [2.24, 2.45) is 5.92 Å². The largest absolute Gasteiger partial charge is 0.350 e. The highest BCUT2D eigenvalue weighted by Gasteiger charge is 2.05. The summed E-state index contributed by atoms with van der Waals surface area (Å²) in [5.41, 5.74) is 2.51. The van der Waals surface area contributed by atoms with Gasteiger partial charge in [0, 0.05) is 6.42 Å². The van der Waals surface area contributed by atoms with Crippen molar-refractivity contribution in [2.45, 2.75) is 26.8 Å². The van der Waals surface area contributed by atoms with Gasteiger partial charge in [0.2, 0.25) is 5.91 Å². The number of nitrogens with one attached hydrogen (secondary N) is 1. The molecule has 1 aromatic carbocycles. The van der Waals surface area contributed by atoms with Gasteiger partial charge in [-0.1, -0.05) is 26.0 Å². The molecule has 1 amide bonds. The van der Waals surface area contributed by atoms with Crippen LogP contribution in [0.5, 0.6) is 0 Å². The zero-order valence-electron chi connectivity index (χ0n) is 10.7. The van der Waals surface area contributed by atoms with Gasteiger partial charge >= 0.3 is 0 Å². The van der Waals surface area contributed by atoms with Crippen LogP contribution in [0.1, 0.15) is 26.0 Å². The summed E-state index contributed by atoms with van der Waals surface area (Å²) in [5, 5.41) is 2.85. The molecule has 2 rings (SSSR count). The molecule has 0 saturated carbocycles. The van der Waals surface area contributed by atoms with E-state index in [0.29, 0.717) is 18.9 Å². The topological polar surface area (TPSA) is 54.9 Å². The molecular weight excluding hydrogens is 226 g/mol. The van der Waals surface area contributed by atoms with Gasteiger partial charge in [-0.15, -0.1) is 0 Å². The van der Waals surface area contributed by atoms with E-state index < -0.39 is 0 Å². The van der Waals surface area contributed by atoms with Crippen molar-refractivity contribution in [1.82, 2.24) is 15.3 Å². The minimum Gasteiger partial charge on any atom is -0.350 e. The van der Waals surface area contributed by atoms with E-state index in [0.717, 1.165) is 16.7 Å². The Kier molecular flexibility index (Phi) is 3.87. The Bertz CT molecular complexity index is 551. The van der Waals surface area contributed by atoms with Crippen LogP contribution in [0.2, 0.25) is 0 Å². The van der Waals surface area contributed by atoms with Gasteiger partial charge in [0.1, 0.15) is 0 Å². The molecule has 0 fully saturated rings. The fourth-order valence-electron chi connectivity index (χ4n) is 1.71. The number of benzene rings is 1. The van der Waals surface area contributed by atoms with Gasteiger partial charge in [0.25, 0.3) is 0 Å². The molecule has 2 aromatic rings. The van der Waals surface area contributed by atoms with Gasteiger partial charge in [-0.2, -0.15) is 0 Å². The summed E-state index contributed by atoms with van der Waals surface area (Å²) in [6.45, 7) is 4.48. The molecule has 94 valence electrons. The van der Waals surface area contributed by atoms with Crippen LogP contribution in [0.3, 0.4) is 0 Å². The first kappa shape index (κ1) is 12.5. The maximum Gasteiger partial charge on any atom is 0.220 e. The van der Waals surface area contributed by atoms with Crippen LogP contribution < -0.4 is 5.32 Å². The average molecular weight is 243 g/mol. The second-order valence-corrected chi connectivity index (χ2v) is 4.72. The van der Waals surface area contributed by atoms with Crippen molar-refractivity contribution in [3.05, 3.63) is 36.2 Å². The van der Waals surface area contributed by atoms with Crippen LogP contribution in [-0.4, -0.2) is 15.9 Å². The molecular formula is C14H17N3O. The van der Waals surface area contributed by atoms with Crippen molar-refractivity contribution in [3.8, 4) is 0 Å². The lowest BCUT2D eigenvalue weighted by atomic mass is 10.1. The third kappa shape index (κ3) is 3.26. The molecule has 4 heteroatoms. The van der Waals surface area contributed by atoms with E-state index in [-0.39, 0.29) is 5.91 Å². The highest BCUT2D eigenvalue weighted by molar-refractivity contribution is 5.76. The molecule has 0 aliphatic carbocycles. The molecule has 0 aliphatic rings. The number of hydrogen-bond donors (Lipinski definition) is 1. The van der Waals surface area contributed by atoms with E-state index in [4.69, 9.17) is 0 Å². The summed E-state index contributed by atoms with van der Waals surface area (Å²) in [4.78, 5) is 20.3. The second-order valence-electron chi connectivity index (χ2n) is 4.72. The fourth-order valence-corrected chi connectivity index (χ4v) is 1.71. The van der Waals surface area contributed by atoms with Crippen molar-refractivity contribution in [1.29, 1.82) is 0 Å². The maximum absolute atomic E-state index is 11.5. The zero-order valence-corrected chi connectivity index (χ0v) is 10.7. The highest BCUT2D eigenvalue weighted by Crippen LogP contribution is 2.08. The first-order valence-corrected chi connectivity index (χ1v) is 6.12. The van der Waals surface area contributed by atoms with Crippen molar-refractivity contribution >= 4 is 16.9 Å². The number of rotatable bonds is 4. The van der Waals surface area contributed by atoms with E-state index in [1.165, 1.54) is 0 Å². The number of nitrogens with zero attached hydrogens (tertiary/aromatic N) is 2. The predicted octanol–water partition coefficient (Wildman–Crippen LogP) is 2.29. The fraction of sp³-hybridized carbons (Fsp3) is 0.357. The molecule has 1 N–H and O–H groups in total. The van der Waals surface area contributed by atoms with Gasteiger partial charge in [-0.25, -0.2) is 4.98 Å². The Labute approximate surface area is 106 Å². The Morgan fingerprint density at radius 2 is 2.00 bits per heavy atom. The Hall–Kier alpha value is -1.97. The first-order chi connectivity index (χ1) is 8.65. The van der Waals surface area contributed by atoms with Crippen LogP contribution in [0.15, 0.2) is 30.5 Å². The normalized spacial score (nSPS) is 10.8. The van der Waals surface area contributed by atoms with E-state index in [9.17, 15) is 4.79 Å². The molecule has 0 bridgehead atoms. The highest BCUT2D eigenvalue weighted by atomic mass is 16.1. The van der Waals surface area contributed by atoms with E-state index in [2.05, 4.69) is 15.3 Å². The minimum atomic E-state index is 0.0555. The van der Waals surface area contributed by atoms with Gasteiger partial charge in [-0.05, 0) is 18.1 Å². The van der Waals surface area contributed by atoms with Crippen LogP contribution in [0, 0.1) is 5.92 Å². The van der Waals surface area contributed by atoms with Gasteiger partial charge < -0.3 is 5.32 Å². The molecule has 18 heavy (non-hydrogen) atoms. The first-order valence-electron chi connectivity index (χ1n) is 6.12. The maximum atomic E-state index is 11.5. The van der Waals surface area contributed by atoms with E-state index in [1.54, 1.807) is 6.20 Å². The van der Waals surface area contributed by atoms with Crippen LogP contribution in [-0.2, 0) is 11.3 Å².